The van der Waals surface area contributed by atoms with Crippen molar-refractivity contribution < 1.29 is 14.0 Å². The Bertz CT molecular complexity index is 1530. The molecule has 1 N–H and O–H groups in total. The summed E-state index contributed by atoms with van der Waals surface area (Å²) < 4.78 is 5.79. The van der Waals surface area contributed by atoms with Crippen LogP contribution in [0.3, 0.4) is 0 Å². The van der Waals surface area contributed by atoms with Gasteiger partial charge in [0.05, 0.1) is 10.9 Å². The third kappa shape index (κ3) is 4.43. The summed E-state index contributed by atoms with van der Waals surface area (Å²) in [6, 6.07) is 27.0. The fraction of sp³-hybridized carbons (Fsp3) is 0.0741. The van der Waals surface area contributed by atoms with E-state index in [1.165, 1.54) is 0 Å². The minimum absolute atomic E-state index is 0.0551. The molecule has 1 aliphatic rings. The lowest BCUT2D eigenvalue weighted by Gasteiger charge is -2.16. The average Bonchev–Trinajstić information content (AvgIpc) is 3.46. The first-order valence-corrected chi connectivity index (χ1v) is 11.8. The number of amides is 2. The molecule has 5 rings (SSSR count). The molecule has 4 aromatic rings. The van der Waals surface area contributed by atoms with Crippen LogP contribution in [0.15, 0.2) is 93.9 Å². The predicted molar refractivity (Wildman–Crippen MR) is 136 cm³/mol. The summed E-state index contributed by atoms with van der Waals surface area (Å²) >= 11 is 1.00. The largest absolute Gasteiger partial charge is 0.436 e. The second-order valence-electron chi connectivity index (χ2n) is 7.83. The molecule has 0 spiro atoms. The average molecular weight is 492 g/mol. The Kier molecular flexibility index (Phi) is 6.23. The molecule has 2 amide bonds. The Morgan fingerprint density at radius 3 is 2.36 bits per heavy atom. The van der Waals surface area contributed by atoms with E-state index in [-0.39, 0.29) is 22.9 Å². The maximum absolute atomic E-state index is 13.2. The summed E-state index contributed by atoms with van der Waals surface area (Å²) in [7, 11) is 0. The van der Waals surface area contributed by atoms with Gasteiger partial charge in [-0.05, 0) is 48.5 Å². The number of benzene rings is 3. The van der Waals surface area contributed by atoms with E-state index < -0.39 is 11.2 Å². The van der Waals surface area contributed by atoms with Gasteiger partial charge in [0.15, 0.2) is 11.2 Å². The van der Waals surface area contributed by atoms with Crippen LogP contribution in [0.2, 0.25) is 0 Å². The van der Waals surface area contributed by atoms with Crippen LogP contribution in [-0.2, 0) is 9.59 Å². The number of allylic oxidation sites excluding steroid dienone is 1. The number of carbonyl (C=O) groups is 2. The topological polar surface area (TPSA) is 123 Å². The number of thioether (sulfide) groups is 1. The standard InChI is InChI=1S/C27H17N5O3S/c28-15-18(16-29)26(30-19-6-2-1-3-7-19)36-23-14-24(33)32(27(23)34)20-12-10-17(11-13-20)25-31-21-8-4-5-9-22(21)35-25/h1-13,23,30H,14H2. The van der Waals surface area contributed by atoms with E-state index in [9.17, 15) is 20.1 Å². The lowest BCUT2D eigenvalue weighted by atomic mass is 10.2. The molecule has 36 heavy (non-hydrogen) atoms. The third-order valence-electron chi connectivity index (χ3n) is 5.51. The number of nitrogens with one attached hydrogen (secondary N) is 1. The highest BCUT2D eigenvalue weighted by Crippen LogP contribution is 2.36. The Morgan fingerprint density at radius 1 is 0.972 bits per heavy atom. The van der Waals surface area contributed by atoms with E-state index in [4.69, 9.17) is 4.42 Å². The highest BCUT2D eigenvalue weighted by atomic mass is 32.2. The molecule has 0 aliphatic carbocycles. The Hall–Kier alpha value is -4.86. The van der Waals surface area contributed by atoms with E-state index in [0.717, 1.165) is 22.2 Å². The van der Waals surface area contributed by atoms with Gasteiger partial charge in [-0.2, -0.15) is 10.5 Å². The van der Waals surface area contributed by atoms with E-state index in [1.54, 1.807) is 48.5 Å². The maximum atomic E-state index is 13.2. The number of anilines is 2. The highest BCUT2D eigenvalue weighted by molar-refractivity contribution is 8.04. The molecule has 1 aromatic heterocycles. The minimum atomic E-state index is -0.780. The molecule has 0 bridgehead atoms. The van der Waals surface area contributed by atoms with Crippen molar-refractivity contribution in [2.24, 2.45) is 0 Å². The highest BCUT2D eigenvalue weighted by Gasteiger charge is 2.41. The summed E-state index contributed by atoms with van der Waals surface area (Å²) in [5.41, 5.74) is 3.05. The lowest BCUT2D eigenvalue weighted by Crippen LogP contribution is -2.31. The number of rotatable bonds is 6. The van der Waals surface area contributed by atoms with Gasteiger partial charge in [0.2, 0.25) is 17.7 Å². The summed E-state index contributed by atoms with van der Waals surface area (Å²) in [6.45, 7) is 0. The predicted octanol–water partition coefficient (Wildman–Crippen LogP) is 5.23. The van der Waals surface area contributed by atoms with Crippen LogP contribution < -0.4 is 10.2 Å². The first kappa shape index (κ1) is 22.9. The van der Waals surface area contributed by atoms with Gasteiger partial charge in [0.25, 0.3) is 0 Å². The maximum Gasteiger partial charge on any atom is 0.247 e. The fourth-order valence-electron chi connectivity index (χ4n) is 3.79. The molecule has 2 heterocycles. The van der Waals surface area contributed by atoms with Gasteiger partial charge in [-0.3, -0.25) is 9.59 Å². The molecule has 8 nitrogen and oxygen atoms in total. The normalized spacial score (nSPS) is 14.9. The molecule has 0 radical (unpaired) electrons. The van der Waals surface area contributed by atoms with Crippen molar-refractivity contribution in [1.82, 2.24) is 4.98 Å². The second-order valence-corrected chi connectivity index (χ2v) is 9.04. The number of hydrogen-bond donors (Lipinski definition) is 1. The van der Waals surface area contributed by atoms with Crippen LogP contribution in [0, 0.1) is 22.7 Å². The quantitative estimate of drug-likeness (QED) is 0.287. The van der Waals surface area contributed by atoms with Crippen molar-refractivity contribution in [1.29, 1.82) is 10.5 Å². The Labute approximate surface area is 210 Å². The van der Waals surface area contributed by atoms with Crippen molar-refractivity contribution in [3.8, 4) is 23.6 Å². The summed E-state index contributed by atoms with van der Waals surface area (Å²) in [4.78, 5) is 31.6. The zero-order chi connectivity index (χ0) is 25.1. The van der Waals surface area contributed by atoms with Gasteiger partial charge in [0.1, 0.15) is 22.7 Å². The number of carbonyl (C=O) groups excluding carboxylic acids is 2. The summed E-state index contributed by atoms with van der Waals surface area (Å²) in [5, 5.41) is 21.3. The summed E-state index contributed by atoms with van der Waals surface area (Å²) in [6.07, 6.45) is -0.0551. The van der Waals surface area contributed by atoms with E-state index >= 15 is 0 Å². The number of nitriles is 2. The Balaban J connectivity index is 1.36. The van der Waals surface area contributed by atoms with Gasteiger partial charge in [0, 0.05) is 17.7 Å². The zero-order valence-corrected chi connectivity index (χ0v) is 19.5. The van der Waals surface area contributed by atoms with Gasteiger partial charge in [-0.25, -0.2) is 9.88 Å². The lowest BCUT2D eigenvalue weighted by molar-refractivity contribution is -0.121. The Morgan fingerprint density at radius 2 is 1.67 bits per heavy atom. The molecule has 9 heteroatoms. The van der Waals surface area contributed by atoms with Crippen LogP contribution in [-0.4, -0.2) is 22.0 Å². The number of oxazole rings is 1. The third-order valence-corrected chi connectivity index (χ3v) is 6.71. The van der Waals surface area contributed by atoms with Gasteiger partial charge < -0.3 is 9.73 Å². The molecule has 1 unspecified atom stereocenters. The molecule has 3 aromatic carbocycles. The number of para-hydroxylation sites is 3. The molecule has 1 fully saturated rings. The molecule has 174 valence electrons. The monoisotopic (exact) mass is 491 g/mol. The van der Waals surface area contributed by atoms with Crippen LogP contribution in [0.4, 0.5) is 11.4 Å². The molecular weight excluding hydrogens is 474 g/mol. The van der Waals surface area contributed by atoms with Crippen molar-refractivity contribution >= 4 is 46.1 Å². The number of aromatic nitrogens is 1. The van der Waals surface area contributed by atoms with Crippen molar-refractivity contribution in [3.63, 3.8) is 0 Å². The first-order valence-electron chi connectivity index (χ1n) is 10.9. The first-order chi connectivity index (χ1) is 17.6. The molecule has 0 saturated carbocycles. The van der Waals surface area contributed by atoms with Crippen molar-refractivity contribution in [3.05, 3.63) is 89.5 Å². The number of imide groups is 1. The van der Waals surface area contributed by atoms with Gasteiger partial charge >= 0.3 is 0 Å². The van der Waals surface area contributed by atoms with Crippen LogP contribution in [0.1, 0.15) is 6.42 Å². The molecule has 1 atom stereocenters. The van der Waals surface area contributed by atoms with Crippen molar-refractivity contribution in [2.45, 2.75) is 11.7 Å². The minimum Gasteiger partial charge on any atom is -0.436 e. The van der Waals surface area contributed by atoms with E-state index in [1.807, 2.05) is 42.5 Å². The van der Waals surface area contributed by atoms with Crippen LogP contribution in [0.25, 0.3) is 22.6 Å². The van der Waals surface area contributed by atoms with E-state index in [2.05, 4.69) is 10.3 Å². The SMILES string of the molecule is N#CC(C#N)=C(Nc1ccccc1)SC1CC(=O)N(c2ccc(-c3nc4ccccc4o3)cc2)C1=O. The van der Waals surface area contributed by atoms with Gasteiger partial charge in [-0.15, -0.1) is 0 Å². The fourth-order valence-corrected chi connectivity index (χ4v) is 4.89. The smallest absolute Gasteiger partial charge is 0.247 e. The van der Waals surface area contributed by atoms with Crippen LogP contribution >= 0.6 is 11.8 Å². The molecule has 1 saturated heterocycles. The van der Waals surface area contributed by atoms with Crippen molar-refractivity contribution in [2.75, 3.05) is 10.2 Å². The van der Waals surface area contributed by atoms with Gasteiger partial charge in [-0.1, -0.05) is 42.1 Å². The zero-order valence-electron chi connectivity index (χ0n) is 18.7. The van der Waals surface area contributed by atoms with Crippen LogP contribution in [0.5, 0.6) is 0 Å². The second kappa shape index (κ2) is 9.79. The molecular formula is C27H17N5O3S. The number of hydrogen-bond acceptors (Lipinski definition) is 8. The van der Waals surface area contributed by atoms with E-state index in [0.29, 0.717) is 28.4 Å². The number of nitrogens with zero attached hydrogens (tertiary/aromatic N) is 4. The summed E-state index contributed by atoms with van der Waals surface area (Å²) in [5.74, 6) is -0.332. The molecule has 1 aliphatic heterocycles. The number of fused-ring (bicyclic) bond motifs is 1.